The first-order valence-corrected chi connectivity index (χ1v) is 5.52. The van der Waals surface area contributed by atoms with Crippen molar-refractivity contribution in [2.75, 3.05) is 13.1 Å². The first-order valence-electron chi connectivity index (χ1n) is 5.52. The van der Waals surface area contributed by atoms with Crippen LogP contribution in [0.5, 0.6) is 0 Å². The highest BCUT2D eigenvalue weighted by atomic mass is 16.5. The highest BCUT2D eigenvalue weighted by Gasteiger charge is 2.28. The molecule has 1 aromatic rings. The van der Waals surface area contributed by atoms with Crippen molar-refractivity contribution in [1.29, 1.82) is 0 Å². The average Bonchev–Trinajstić information content (AvgIpc) is 2.85. The molecule has 2 rings (SSSR count). The zero-order valence-electron chi connectivity index (χ0n) is 9.15. The lowest BCUT2D eigenvalue weighted by molar-refractivity contribution is 0.266. The smallest absolute Gasteiger partial charge is 0.226 e. The van der Waals surface area contributed by atoms with Crippen molar-refractivity contribution >= 4 is 0 Å². The Balaban J connectivity index is 2.11. The van der Waals surface area contributed by atoms with E-state index in [9.17, 15) is 0 Å². The molecule has 1 fully saturated rings. The molecule has 4 nitrogen and oxygen atoms in total. The molecule has 0 saturated carbocycles. The topological polar surface area (TPSA) is 42.2 Å². The standard InChI is InChI=1S/C11H17N3O/c1-3-7-14-8-5-6-9(14)11-12-10(4-2)15-13-11/h3,9H,1,4-8H2,2H3/t9-/m1/s1. The third kappa shape index (κ3) is 2.09. The monoisotopic (exact) mass is 207 g/mol. The molecule has 0 bridgehead atoms. The molecule has 4 heteroatoms. The minimum absolute atomic E-state index is 0.326. The van der Waals surface area contributed by atoms with Crippen LogP contribution in [0.3, 0.4) is 0 Å². The van der Waals surface area contributed by atoms with Gasteiger partial charge >= 0.3 is 0 Å². The number of hydrogen-bond donors (Lipinski definition) is 0. The molecular formula is C11H17N3O. The number of hydrogen-bond acceptors (Lipinski definition) is 4. The fourth-order valence-corrected chi connectivity index (χ4v) is 2.05. The molecule has 1 aliphatic heterocycles. The van der Waals surface area contributed by atoms with Crippen LogP contribution in [-0.4, -0.2) is 28.1 Å². The van der Waals surface area contributed by atoms with E-state index in [1.54, 1.807) is 0 Å². The summed E-state index contributed by atoms with van der Waals surface area (Å²) >= 11 is 0. The van der Waals surface area contributed by atoms with Crippen molar-refractivity contribution in [3.05, 3.63) is 24.4 Å². The predicted molar refractivity (Wildman–Crippen MR) is 57.4 cm³/mol. The molecule has 1 saturated heterocycles. The molecule has 1 atom stereocenters. The van der Waals surface area contributed by atoms with Crippen molar-refractivity contribution in [3.63, 3.8) is 0 Å². The van der Waals surface area contributed by atoms with Crippen LogP contribution in [0.2, 0.25) is 0 Å². The van der Waals surface area contributed by atoms with Crippen LogP contribution in [-0.2, 0) is 6.42 Å². The fourth-order valence-electron chi connectivity index (χ4n) is 2.05. The van der Waals surface area contributed by atoms with E-state index in [-0.39, 0.29) is 0 Å². The Bertz CT molecular complexity index is 334. The Hall–Kier alpha value is -1.16. The van der Waals surface area contributed by atoms with E-state index < -0.39 is 0 Å². The maximum atomic E-state index is 5.14. The lowest BCUT2D eigenvalue weighted by atomic mass is 10.2. The molecule has 82 valence electrons. The number of nitrogens with zero attached hydrogens (tertiary/aromatic N) is 3. The highest BCUT2D eigenvalue weighted by molar-refractivity contribution is 4.99. The molecule has 2 heterocycles. The quantitative estimate of drug-likeness (QED) is 0.708. The van der Waals surface area contributed by atoms with Gasteiger partial charge in [-0.25, -0.2) is 0 Å². The summed E-state index contributed by atoms with van der Waals surface area (Å²) < 4.78 is 5.14. The Morgan fingerprint density at radius 2 is 2.53 bits per heavy atom. The van der Waals surface area contributed by atoms with Gasteiger partial charge in [-0.2, -0.15) is 4.98 Å². The Labute approximate surface area is 90.0 Å². The summed E-state index contributed by atoms with van der Waals surface area (Å²) in [6.07, 6.45) is 5.06. The summed E-state index contributed by atoms with van der Waals surface area (Å²) in [4.78, 5) is 6.73. The second-order valence-electron chi connectivity index (χ2n) is 3.84. The number of rotatable bonds is 4. The minimum Gasteiger partial charge on any atom is -0.339 e. The summed E-state index contributed by atoms with van der Waals surface area (Å²) in [6, 6.07) is 0.326. The van der Waals surface area contributed by atoms with Gasteiger partial charge in [0.05, 0.1) is 6.04 Å². The van der Waals surface area contributed by atoms with Gasteiger partial charge in [0, 0.05) is 13.0 Å². The van der Waals surface area contributed by atoms with E-state index in [4.69, 9.17) is 4.52 Å². The third-order valence-electron chi connectivity index (χ3n) is 2.81. The van der Waals surface area contributed by atoms with Crippen molar-refractivity contribution in [2.24, 2.45) is 0 Å². The lowest BCUT2D eigenvalue weighted by Crippen LogP contribution is -2.23. The molecular weight excluding hydrogens is 190 g/mol. The second kappa shape index (κ2) is 4.57. The maximum absolute atomic E-state index is 5.14. The molecule has 0 radical (unpaired) electrons. The highest BCUT2D eigenvalue weighted by Crippen LogP contribution is 2.29. The van der Waals surface area contributed by atoms with Gasteiger partial charge in [0.25, 0.3) is 0 Å². The van der Waals surface area contributed by atoms with Gasteiger partial charge < -0.3 is 4.52 Å². The summed E-state index contributed by atoms with van der Waals surface area (Å²) in [7, 11) is 0. The van der Waals surface area contributed by atoms with Crippen LogP contribution in [0.25, 0.3) is 0 Å². The Morgan fingerprint density at radius 3 is 3.20 bits per heavy atom. The molecule has 0 N–H and O–H groups in total. The van der Waals surface area contributed by atoms with Crippen molar-refractivity contribution in [1.82, 2.24) is 15.0 Å². The van der Waals surface area contributed by atoms with E-state index in [1.165, 1.54) is 6.42 Å². The summed E-state index contributed by atoms with van der Waals surface area (Å²) in [5.74, 6) is 1.57. The molecule has 0 unspecified atom stereocenters. The van der Waals surface area contributed by atoms with E-state index in [0.717, 1.165) is 37.6 Å². The van der Waals surface area contributed by atoms with E-state index in [0.29, 0.717) is 6.04 Å². The van der Waals surface area contributed by atoms with Crippen LogP contribution in [0, 0.1) is 0 Å². The van der Waals surface area contributed by atoms with Crippen LogP contribution >= 0.6 is 0 Å². The zero-order valence-corrected chi connectivity index (χ0v) is 9.15. The van der Waals surface area contributed by atoms with Crippen molar-refractivity contribution in [2.45, 2.75) is 32.2 Å². The normalized spacial score (nSPS) is 22.1. The van der Waals surface area contributed by atoms with E-state index >= 15 is 0 Å². The Morgan fingerprint density at radius 1 is 1.67 bits per heavy atom. The van der Waals surface area contributed by atoms with Gasteiger partial charge in [0.15, 0.2) is 5.82 Å². The van der Waals surface area contributed by atoms with Crippen LogP contribution < -0.4 is 0 Å². The largest absolute Gasteiger partial charge is 0.339 e. The zero-order chi connectivity index (χ0) is 10.7. The maximum Gasteiger partial charge on any atom is 0.226 e. The SMILES string of the molecule is C=CCN1CCC[C@@H]1c1noc(CC)n1. The molecule has 0 amide bonds. The predicted octanol–water partition coefficient (Wildman–Crippen LogP) is 1.95. The molecule has 1 aromatic heterocycles. The summed E-state index contributed by atoms with van der Waals surface area (Å²) in [6.45, 7) is 7.80. The average molecular weight is 207 g/mol. The van der Waals surface area contributed by atoms with Crippen molar-refractivity contribution in [3.8, 4) is 0 Å². The van der Waals surface area contributed by atoms with Gasteiger partial charge in [0.1, 0.15) is 0 Å². The lowest BCUT2D eigenvalue weighted by Gasteiger charge is -2.19. The van der Waals surface area contributed by atoms with Gasteiger partial charge in [0.2, 0.25) is 5.89 Å². The fraction of sp³-hybridized carbons (Fsp3) is 0.636. The van der Waals surface area contributed by atoms with Crippen LogP contribution in [0.4, 0.5) is 0 Å². The first kappa shape index (κ1) is 10.4. The molecule has 0 aliphatic carbocycles. The minimum atomic E-state index is 0.326. The first-order chi connectivity index (χ1) is 7.35. The summed E-state index contributed by atoms with van der Waals surface area (Å²) in [5.41, 5.74) is 0. The molecule has 1 aliphatic rings. The number of aromatic nitrogens is 2. The number of aryl methyl sites for hydroxylation is 1. The van der Waals surface area contributed by atoms with E-state index in [2.05, 4.69) is 21.6 Å². The van der Waals surface area contributed by atoms with Gasteiger partial charge in [-0.05, 0) is 19.4 Å². The molecule has 0 aromatic carbocycles. The summed E-state index contributed by atoms with van der Waals surface area (Å²) in [5, 5.41) is 4.04. The van der Waals surface area contributed by atoms with Crippen LogP contribution in [0.1, 0.15) is 37.5 Å². The van der Waals surface area contributed by atoms with Gasteiger partial charge in [-0.3, -0.25) is 4.90 Å². The van der Waals surface area contributed by atoms with E-state index in [1.807, 2.05) is 13.0 Å². The number of likely N-dealkylation sites (tertiary alicyclic amines) is 1. The third-order valence-corrected chi connectivity index (χ3v) is 2.81. The molecule has 0 spiro atoms. The van der Waals surface area contributed by atoms with Gasteiger partial charge in [-0.1, -0.05) is 18.2 Å². The van der Waals surface area contributed by atoms with Crippen LogP contribution in [0.15, 0.2) is 17.2 Å². The Kier molecular flexibility index (Phi) is 3.16. The van der Waals surface area contributed by atoms with Crippen molar-refractivity contribution < 1.29 is 4.52 Å². The van der Waals surface area contributed by atoms with Gasteiger partial charge in [-0.15, -0.1) is 6.58 Å². The molecule has 15 heavy (non-hydrogen) atoms. The second-order valence-corrected chi connectivity index (χ2v) is 3.84.